The molecule has 0 heterocycles. The molecule has 0 fully saturated rings. The van der Waals surface area contributed by atoms with Crippen LogP contribution in [0.1, 0.15) is 15.9 Å². The van der Waals surface area contributed by atoms with E-state index >= 15 is 0 Å². The molecule has 20 heavy (non-hydrogen) atoms. The van der Waals surface area contributed by atoms with Gasteiger partial charge in [0.05, 0.1) is 25.9 Å². The van der Waals surface area contributed by atoms with Crippen molar-refractivity contribution in [2.75, 3.05) is 14.2 Å². The Morgan fingerprint density at radius 2 is 1.90 bits per heavy atom. The monoisotopic (exact) mass is 267 g/mol. The van der Waals surface area contributed by atoms with Crippen LogP contribution < -0.4 is 4.74 Å². The quantitative estimate of drug-likeness (QED) is 0.802. The van der Waals surface area contributed by atoms with Crippen LogP contribution in [-0.2, 0) is 4.74 Å². The number of carbonyl (C=O) groups excluding carboxylic acids is 1. The maximum absolute atomic E-state index is 11.7. The number of nitrogens with zero attached hydrogens (tertiary/aromatic N) is 1. The fourth-order valence-corrected chi connectivity index (χ4v) is 2.01. The van der Waals surface area contributed by atoms with Gasteiger partial charge in [-0.05, 0) is 23.8 Å². The maximum Gasteiger partial charge on any atom is 0.341 e. The van der Waals surface area contributed by atoms with E-state index < -0.39 is 5.97 Å². The Balaban J connectivity index is 2.62. The number of esters is 1. The molecule has 0 amide bonds. The summed E-state index contributed by atoms with van der Waals surface area (Å²) in [5, 5.41) is 8.96. The summed E-state index contributed by atoms with van der Waals surface area (Å²) >= 11 is 0. The van der Waals surface area contributed by atoms with Gasteiger partial charge in [0.2, 0.25) is 0 Å². The molecule has 0 atom stereocenters. The lowest BCUT2D eigenvalue weighted by Crippen LogP contribution is -2.04. The summed E-state index contributed by atoms with van der Waals surface area (Å²) in [6.07, 6.45) is 0. The fraction of sp³-hybridized carbons (Fsp3) is 0.125. The lowest BCUT2D eigenvalue weighted by Gasteiger charge is -2.12. The summed E-state index contributed by atoms with van der Waals surface area (Å²) in [6.45, 7) is 0. The molecule has 0 unspecified atom stereocenters. The molecule has 0 bridgehead atoms. The standard InChI is InChI=1S/C16H13NO3/c1-19-15-13(7-4-8-14(15)16(18)20-2)12-6-3-5-11(9-12)10-17/h3-9H,1-2H3. The first kappa shape index (κ1) is 13.6. The number of hydrogen-bond donors (Lipinski definition) is 0. The Kier molecular flexibility index (Phi) is 4.02. The van der Waals surface area contributed by atoms with E-state index in [0.717, 1.165) is 11.1 Å². The summed E-state index contributed by atoms with van der Waals surface area (Å²) in [5.41, 5.74) is 2.46. The van der Waals surface area contributed by atoms with Crippen molar-refractivity contribution >= 4 is 5.97 Å². The van der Waals surface area contributed by atoms with E-state index in [2.05, 4.69) is 6.07 Å². The highest BCUT2D eigenvalue weighted by Gasteiger charge is 2.17. The van der Waals surface area contributed by atoms with Crippen molar-refractivity contribution < 1.29 is 14.3 Å². The molecule has 0 aliphatic heterocycles. The second-order valence-corrected chi connectivity index (χ2v) is 4.07. The van der Waals surface area contributed by atoms with Gasteiger partial charge >= 0.3 is 5.97 Å². The molecule has 2 aromatic rings. The highest BCUT2D eigenvalue weighted by atomic mass is 16.5. The zero-order valence-corrected chi connectivity index (χ0v) is 11.2. The van der Waals surface area contributed by atoms with Crippen molar-refractivity contribution in [1.29, 1.82) is 5.26 Å². The molecule has 0 saturated heterocycles. The molecular formula is C16H13NO3. The third kappa shape index (κ3) is 2.47. The van der Waals surface area contributed by atoms with Gasteiger partial charge in [-0.15, -0.1) is 0 Å². The number of methoxy groups -OCH3 is 2. The second-order valence-electron chi connectivity index (χ2n) is 4.07. The minimum Gasteiger partial charge on any atom is -0.495 e. The molecule has 0 aliphatic carbocycles. The van der Waals surface area contributed by atoms with Crippen molar-refractivity contribution in [2.45, 2.75) is 0 Å². The number of benzene rings is 2. The molecule has 4 nitrogen and oxygen atoms in total. The summed E-state index contributed by atoms with van der Waals surface area (Å²) in [7, 11) is 2.82. The first-order valence-electron chi connectivity index (χ1n) is 5.97. The molecule has 0 aromatic heterocycles. The Bertz CT molecular complexity index is 686. The lowest BCUT2D eigenvalue weighted by molar-refractivity contribution is 0.0597. The zero-order chi connectivity index (χ0) is 14.5. The number of para-hydroxylation sites is 1. The van der Waals surface area contributed by atoms with Crippen molar-refractivity contribution in [3.63, 3.8) is 0 Å². The van der Waals surface area contributed by atoms with E-state index in [0.29, 0.717) is 16.9 Å². The van der Waals surface area contributed by atoms with Gasteiger partial charge in [-0.3, -0.25) is 0 Å². The SMILES string of the molecule is COC(=O)c1cccc(-c2cccc(C#N)c2)c1OC. The van der Waals surface area contributed by atoms with Crippen molar-refractivity contribution in [2.24, 2.45) is 0 Å². The topological polar surface area (TPSA) is 59.3 Å². The first-order valence-corrected chi connectivity index (χ1v) is 5.97. The van der Waals surface area contributed by atoms with Gasteiger partial charge in [0, 0.05) is 5.56 Å². The Labute approximate surface area is 117 Å². The second kappa shape index (κ2) is 5.89. The van der Waals surface area contributed by atoms with Crippen molar-refractivity contribution in [3.05, 3.63) is 53.6 Å². The van der Waals surface area contributed by atoms with Crippen LogP contribution in [0.25, 0.3) is 11.1 Å². The normalized spacial score (nSPS) is 9.65. The van der Waals surface area contributed by atoms with Crippen molar-refractivity contribution in [3.8, 4) is 22.9 Å². The summed E-state index contributed by atoms with van der Waals surface area (Å²) in [6, 6.07) is 14.4. The molecule has 0 spiro atoms. The number of carbonyl (C=O) groups is 1. The van der Waals surface area contributed by atoms with E-state index in [4.69, 9.17) is 14.7 Å². The van der Waals surface area contributed by atoms with Gasteiger partial charge in [0.1, 0.15) is 11.3 Å². The van der Waals surface area contributed by atoms with Crippen LogP contribution in [0, 0.1) is 11.3 Å². The van der Waals surface area contributed by atoms with Crippen LogP contribution in [0.4, 0.5) is 0 Å². The van der Waals surface area contributed by atoms with Crippen LogP contribution in [0.2, 0.25) is 0 Å². The van der Waals surface area contributed by atoms with E-state index in [-0.39, 0.29) is 0 Å². The minimum atomic E-state index is -0.458. The van der Waals surface area contributed by atoms with Crippen LogP contribution in [0.3, 0.4) is 0 Å². The predicted octanol–water partition coefficient (Wildman–Crippen LogP) is 3.02. The molecular weight excluding hydrogens is 254 g/mol. The molecule has 2 rings (SSSR count). The third-order valence-corrected chi connectivity index (χ3v) is 2.93. The molecule has 0 radical (unpaired) electrons. The van der Waals surface area contributed by atoms with Gasteiger partial charge in [0.15, 0.2) is 0 Å². The highest BCUT2D eigenvalue weighted by Crippen LogP contribution is 2.33. The number of ether oxygens (including phenoxy) is 2. The lowest BCUT2D eigenvalue weighted by atomic mass is 10.00. The number of hydrogen-bond acceptors (Lipinski definition) is 4. The summed E-state index contributed by atoms with van der Waals surface area (Å²) in [4.78, 5) is 11.7. The van der Waals surface area contributed by atoms with Crippen molar-refractivity contribution in [1.82, 2.24) is 0 Å². The van der Waals surface area contributed by atoms with E-state index in [1.807, 2.05) is 12.1 Å². The molecule has 4 heteroatoms. The van der Waals surface area contributed by atoms with Gasteiger partial charge in [-0.2, -0.15) is 5.26 Å². The molecule has 0 N–H and O–H groups in total. The first-order chi connectivity index (χ1) is 9.71. The summed E-state index contributed by atoms with van der Waals surface area (Å²) in [5.74, 6) is -0.0189. The molecule has 0 aliphatic rings. The van der Waals surface area contributed by atoms with Gasteiger partial charge in [-0.1, -0.05) is 24.3 Å². The molecule has 0 saturated carbocycles. The predicted molar refractivity (Wildman–Crippen MR) is 74.5 cm³/mol. The number of rotatable bonds is 3. The Morgan fingerprint density at radius 3 is 2.55 bits per heavy atom. The van der Waals surface area contributed by atoms with E-state index in [9.17, 15) is 4.79 Å². The van der Waals surface area contributed by atoms with Crippen LogP contribution in [0.5, 0.6) is 5.75 Å². The minimum absolute atomic E-state index is 0.356. The van der Waals surface area contributed by atoms with Gasteiger partial charge in [-0.25, -0.2) is 4.79 Å². The molecule has 2 aromatic carbocycles. The average Bonchev–Trinajstić information content (AvgIpc) is 2.53. The third-order valence-electron chi connectivity index (χ3n) is 2.93. The van der Waals surface area contributed by atoms with E-state index in [1.54, 1.807) is 30.3 Å². The average molecular weight is 267 g/mol. The highest BCUT2D eigenvalue weighted by molar-refractivity contribution is 5.95. The van der Waals surface area contributed by atoms with Gasteiger partial charge in [0.25, 0.3) is 0 Å². The summed E-state index contributed by atoms with van der Waals surface area (Å²) < 4.78 is 10.1. The maximum atomic E-state index is 11.7. The number of nitriles is 1. The van der Waals surface area contributed by atoms with Crippen LogP contribution in [-0.4, -0.2) is 20.2 Å². The fourth-order valence-electron chi connectivity index (χ4n) is 2.01. The van der Waals surface area contributed by atoms with E-state index in [1.165, 1.54) is 14.2 Å². The Morgan fingerprint density at radius 1 is 1.15 bits per heavy atom. The van der Waals surface area contributed by atoms with Crippen LogP contribution in [0.15, 0.2) is 42.5 Å². The smallest absolute Gasteiger partial charge is 0.341 e. The van der Waals surface area contributed by atoms with Crippen LogP contribution >= 0.6 is 0 Å². The zero-order valence-electron chi connectivity index (χ0n) is 11.2. The Hall–Kier alpha value is -2.80. The molecule has 100 valence electrons. The largest absolute Gasteiger partial charge is 0.495 e. The van der Waals surface area contributed by atoms with Gasteiger partial charge < -0.3 is 9.47 Å².